The van der Waals surface area contributed by atoms with Crippen molar-refractivity contribution in [3.8, 4) is 0 Å². The van der Waals surface area contributed by atoms with Crippen molar-refractivity contribution in [3.05, 3.63) is 54.1 Å². The molecule has 2 rings (SSSR count). The molecule has 2 aromatic carbocycles. The standard InChI is InChI=1S/C16H20N2O4S2/c1-12(2)17-15-10-9-13(3)16(11-15)23(19,20)24(21,22)18-14-7-5-4-6-8-14/h4-12,17-18H,1-3H3. The molecular formula is C16H20N2O4S2. The molecule has 2 aromatic rings. The van der Waals surface area contributed by atoms with Crippen LogP contribution in [0.3, 0.4) is 0 Å². The zero-order valence-corrected chi connectivity index (χ0v) is 15.3. The number of hydrogen-bond donors (Lipinski definition) is 2. The minimum atomic E-state index is -4.64. The van der Waals surface area contributed by atoms with Crippen LogP contribution in [0.15, 0.2) is 53.4 Å². The summed E-state index contributed by atoms with van der Waals surface area (Å²) in [5.41, 5.74) is 1.10. The third-order valence-corrected chi connectivity index (χ3v) is 7.78. The Bertz CT molecular complexity index is 922. The third kappa shape index (κ3) is 3.88. The highest BCUT2D eigenvalue weighted by molar-refractivity contribution is 8.67. The second-order valence-electron chi connectivity index (χ2n) is 5.66. The number of para-hydroxylation sites is 1. The molecule has 0 heterocycles. The van der Waals surface area contributed by atoms with Gasteiger partial charge in [0.2, 0.25) is 0 Å². The van der Waals surface area contributed by atoms with Crippen LogP contribution in [0.25, 0.3) is 0 Å². The minimum absolute atomic E-state index is 0.0855. The summed E-state index contributed by atoms with van der Waals surface area (Å²) < 4.78 is 52.2. The van der Waals surface area contributed by atoms with E-state index in [9.17, 15) is 16.8 Å². The molecule has 0 aromatic heterocycles. The Labute approximate surface area is 142 Å². The maximum atomic E-state index is 12.6. The van der Waals surface area contributed by atoms with Gasteiger partial charge in [-0.3, -0.25) is 4.72 Å². The molecule has 0 unspecified atom stereocenters. The molecule has 0 radical (unpaired) electrons. The topological polar surface area (TPSA) is 92.3 Å². The predicted octanol–water partition coefficient (Wildman–Crippen LogP) is 2.95. The molecule has 0 saturated carbocycles. The minimum Gasteiger partial charge on any atom is -0.383 e. The lowest BCUT2D eigenvalue weighted by atomic mass is 10.2. The first-order valence-electron chi connectivity index (χ1n) is 7.33. The predicted molar refractivity (Wildman–Crippen MR) is 96.1 cm³/mol. The zero-order chi connectivity index (χ0) is 18.0. The first kappa shape index (κ1) is 18.3. The molecule has 0 fully saturated rings. The van der Waals surface area contributed by atoms with Gasteiger partial charge in [-0.05, 0) is 50.6 Å². The molecule has 6 nitrogen and oxygen atoms in total. The summed E-state index contributed by atoms with van der Waals surface area (Å²) in [5.74, 6) is 0. The molecular weight excluding hydrogens is 348 g/mol. The summed E-state index contributed by atoms with van der Waals surface area (Å²) in [6.45, 7) is 5.37. The van der Waals surface area contributed by atoms with Crippen LogP contribution in [0.4, 0.5) is 11.4 Å². The Balaban J connectivity index is 2.46. The highest BCUT2D eigenvalue weighted by atomic mass is 33.2. The third-order valence-electron chi connectivity index (χ3n) is 3.22. The smallest absolute Gasteiger partial charge is 0.343 e. The van der Waals surface area contributed by atoms with E-state index in [1.165, 1.54) is 18.2 Å². The van der Waals surface area contributed by atoms with E-state index in [1.54, 1.807) is 37.3 Å². The number of rotatable bonds is 6. The highest BCUT2D eigenvalue weighted by Gasteiger charge is 2.33. The summed E-state index contributed by atoms with van der Waals surface area (Å²) in [6, 6.07) is 12.6. The van der Waals surface area contributed by atoms with Crippen molar-refractivity contribution in [3.63, 3.8) is 0 Å². The van der Waals surface area contributed by atoms with E-state index in [1.807, 2.05) is 13.8 Å². The van der Waals surface area contributed by atoms with E-state index in [0.717, 1.165) is 0 Å². The van der Waals surface area contributed by atoms with Gasteiger partial charge in [0.25, 0.3) is 0 Å². The van der Waals surface area contributed by atoms with Gasteiger partial charge in [-0.1, -0.05) is 24.3 Å². The van der Waals surface area contributed by atoms with E-state index in [2.05, 4.69) is 10.0 Å². The summed E-state index contributed by atoms with van der Waals surface area (Å²) in [5, 5.41) is 3.07. The van der Waals surface area contributed by atoms with Crippen molar-refractivity contribution in [2.45, 2.75) is 31.7 Å². The Morgan fingerprint density at radius 3 is 2.08 bits per heavy atom. The number of benzene rings is 2. The second-order valence-corrected chi connectivity index (χ2v) is 10.7. The first-order valence-corrected chi connectivity index (χ1v) is 10.8. The zero-order valence-electron chi connectivity index (χ0n) is 13.6. The second kappa shape index (κ2) is 6.82. The van der Waals surface area contributed by atoms with Crippen LogP contribution in [0.5, 0.6) is 0 Å². The Morgan fingerprint density at radius 1 is 0.875 bits per heavy atom. The van der Waals surface area contributed by atoms with E-state index in [0.29, 0.717) is 11.3 Å². The van der Waals surface area contributed by atoms with Crippen LogP contribution in [0.1, 0.15) is 19.4 Å². The molecule has 0 aliphatic carbocycles. The molecule has 0 saturated heterocycles. The first-order chi connectivity index (χ1) is 11.1. The number of aryl methyl sites for hydroxylation is 1. The molecule has 0 aliphatic rings. The van der Waals surface area contributed by atoms with Crippen LogP contribution in [0, 0.1) is 6.92 Å². The van der Waals surface area contributed by atoms with Crippen LogP contribution >= 0.6 is 0 Å². The molecule has 2 N–H and O–H groups in total. The van der Waals surface area contributed by atoms with Crippen molar-refractivity contribution in [2.75, 3.05) is 10.0 Å². The van der Waals surface area contributed by atoms with E-state index >= 15 is 0 Å². The van der Waals surface area contributed by atoms with Crippen molar-refractivity contribution in [1.82, 2.24) is 0 Å². The summed E-state index contributed by atoms with van der Waals surface area (Å²) in [7, 11) is -9.24. The number of anilines is 2. The highest BCUT2D eigenvalue weighted by Crippen LogP contribution is 2.26. The summed E-state index contributed by atoms with van der Waals surface area (Å²) in [4.78, 5) is -0.239. The number of nitrogens with one attached hydrogen (secondary N) is 2. The molecule has 130 valence electrons. The van der Waals surface area contributed by atoms with E-state index in [-0.39, 0.29) is 16.6 Å². The lowest BCUT2D eigenvalue weighted by molar-refractivity contribution is 0.585. The maximum absolute atomic E-state index is 12.6. The average molecular weight is 368 g/mol. The van der Waals surface area contributed by atoms with Gasteiger partial charge < -0.3 is 5.32 Å². The lowest BCUT2D eigenvalue weighted by Crippen LogP contribution is -2.24. The fourth-order valence-electron chi connectivity index (χ4n) is 2.12. The van der Waals surface area contributed by atoms with Gasteiger partial charge in [-0.25, -0.2) is 8.42 Å². The van der Waals surface area contributed by atoms with Crippen LogP contribution in [-0.2, 0) is 17.9 Å². The van der Waals surface area contributed by atoms with Crippen LogP contribution < -0.4 is 10.0 Å². The van der Waals surface area contributed by atoms with Gasteiger partial charge in [0.1, 0.15) is 0 Å². The van der Waals surface area contributed by atoms with Crippen LogP contribution in [-0.4, -0.2) is 22.9 Å². The van der Waals surface area contributed by atoms with E-state index < -0.39 is 17.9 Å². The van der Waals surface area contributed by atoms with Crippen molar-refractivity contribution in [2.24, 2.45) is 0 Å². The Hall–Kier alpha value is -2.06. The SMILES string of the molecule is Cc1ccc(NC(C)C)cc1S(=O)(=O)S(=O)(=O)Nc1ccccc1. The molecule has 0 bridgehead atoms. The van der Waals surface area contributed by atoms with Gasteiger partial charge in [-0.15, -0.1) is 0 Å². The van der Waals surface area contributed by atoms with Gasteiger partial charge in [0.05, 0.1) is 4.90 Å². The quantitative estimate of drug-likeness (QED) is 0.765. The average Bonchev–Trinajstić information content (AvgIpc) is 2.49. The van der Waals surface area contributed by atoms with Crippen LogP contribution in [0.2, 0.25) is 0 Å². The van der Waals surface area contributed by atoms with Crippen molar-refractivity contribution in [1.29, 1.82) is 0 Å². The molecule has 0 spiro atoms. The maximum Gasteiger partial charge on any atom is 0.343 e. The normalized spacial score (nSPS) is 12.2. The van der Waals surface area contributed by atoms with Crippen molar-refractivity contribution >= 4 is 29.3 Å². The lowest BCUT2D eigenvalue weighted by Gasteiger charge is -2.14. The van der Waals surface area contributed by atoms with E-state index in [4.69, 9.17) is 0 Å². The largest absolute Gasteiger partial charge is 0.383 e. The van der Waals surface area contributed by atoms with Gasteiger partial charge in [0.15, 0.2) is 0 Å². The molecule has 0 atom stereocenters. The Kier molecular flexibility index (Phi) is 5.19. The Morgan fingerprint density at radius 2 is 1.50 bits per heavy atom. The monoisotopic (exact) mass is 368 g/mol. The van der Waals surface area contributed by atoms with Gasteiger partial charge in [-0.2, -0.15) is 8.42 Å². The summed E-state index contributed by atoms with van der Waals surface area (Å²) in [6.07, 6.45) is 0. The molecule has 0 aliphatic heterocycles. The number of hydrogen-bond acceptors (Lipinski definition) is 5. The van der Waals surface area contributed by atoms with Gasteiger partial charge >= 0.3 is 17.9 Å². The molecule has 24 heavy (non-hydrogen) atoms. The summed E-state index contributed by atoms with van der Waals surface area (Å²) >= 11 is 0. The fourth-order valence-corrected chi connectivity index (χ4v) is 5.49. The fraction of sp³-hybridized carbons (Fsp3) is 0.250. The van der Waals surface area contributed by atoms with Crippen molar-refractivity contribution < 1.29 is 16.8 Å². The molecule has 0 amide bonds. The van der Waals surface area contributed by atoms with Gasteiger partial charge in [0, 0.05) is 17.4 Å². The molecule has 8 heteroatoms.